The van der Waals surface area contributed by atoms with E-state index in [0.717, 1.165) is 78.8 Å². The number of allylic oxidation sites excluding steroid dienone is 3. The van der Waals surface area contributed by atoms with Crippen molar-refractivity contribution in [2.24, 2.45) is 0 Å². The summed E-state index contributed by atoms with van der Waals surface area (Å²) >= 11 is 0. The minimum Gasteiger partial charge on any atom is -0.311 e. The molecule has 4 nitrogen and oxygen atoms in total. The van der Waals surface area contributed by atoms with E-state index < -0.39 is 0 Å². The van der Waals surface area contributed by atoms with Gasteiger partial charge >= 0.3 is 0 Å². The van der Waals surface area contributed by atoms with Gasteiger partial charge in [-0.1, -0.05) is 157 Å². The van der Waals surface area contributed by atoms with Gasteiger partial charge in [0.1, 0.15) is 0 Å². The van der Waals surface area contributed by atoms with Crippen LogP contribution in [0, 0.1) is 0 Å². The number of benzene rings is 8. The Labute approximate surface area is 350 Å². The van der Waals surface area contributed by atoms with Gasteiger partial charge in [0.15, 0.2) is 0 Å². The zero-order chi connectivity index (χ0) is 40.1. The molecule has 1 aromatic heterocycles. The van der Waals surface area contributed by atoms with Gasteiger partial charge in [0.05, 0.1) is 28.1 Å². The van der Waals surface area contributed by atoms with Gasteiger partial charge in [0.25, 0.3) is 0 Å². The Morgan fingerprint density at radius 3 is 1.40 bits per heavy atom. The average Bonchev–Trinajstić information content (AvgIpc) is 3.33. The van der Waals surface area contributed by atoms with Gasteiger partial charge in [-0.15, -0.1) is 0 Å². The van der Waals surface area contributed by atoms with Gasteiger partial charge in [0.2, 0.25) is 0 Å². The predicted molar refractivity (Wildman–Crippen MR) is 249 cm³/mol. The molecule has 4 heteroatoms. The van der Waals surface area contributed by atoms with Crippen LogP contribution in [0.1, 0.15) is 0 Å². The highest BCUT2D eigenvalue weighted by Crippen LogP contribution is 2.40. The van der Waals surface area contributed by atoms with Crippen LogP contribution >= 0.6 is 0 Å². The summed E-state index contributed by atoms with van der Waals surface area (Å²) in [6.07, 6.45) is 5.92. The summed E-state index contributed by atoms with van der Waals surface area (Å²) in [5, 5.41) is 0. The van der Waals surface area contributed by atoms with Crippen molar-refractivity contribution in [3.05, 3.63) is 248 Å². The molecular weight excluding hydrogens is 729 g/mol. The van der Waals surface area contributed by atoms with Gasteiger partial charge in [-0.2, -0.15) is 0 Å². The Morgan fingerprint density at radius 1 is 0.350 bits per heavy atom. The van der Waals surface area contributed by atoms with Crippen LogP contribution in [0.3, 0.4) is 0 Å². The monoisotopic (exact) mass is 766 g/mol. The Bertz CT molecular complexity index is 3060. The Hall–Kier alpha value is -8.26. The van der Waals surface area contributed by atoms with Gasteiger partial charge in [-0.3, -0.25) is 0 Å². The number of anilines is 5. The summed E-state index contributed by atoms with van der Waals surface area (Å²) < 4.78 is 0. The molecule has 8 aromatic carbocycles. The average molecular weight is 767 g/mol. The first kappa shape index (κ1) is 36.1. The van der Waals surface area contributed by atoms with Crippen LogP contribution in [0.4, 0.5) is 28.4 Å². The summed E-state index contributed by atoms with van der Waals surface area (Å²) in [4.78, 5) is 15.2. The summed E-state index contributed by atoms with van der Waals surface area (Å²) in [6, 6.07) is 74.0. The smallest absolute Gasteiger partial charge is 0.0973 e. The quantitative estimate of drug-likeness (QED) is 0.130. The predicted octanol–water partition coefficient (Wildman–Crippen LogP) is 14.7. The maximum Gasteiger partial charge on any atom is 0.0973 e. The number of aromatic nitrogens is 2. The summed E-state index contributed by atoms with van der Waals surface area (Å²) in [5.74, 6) is 0. The van der Waals surface area contributed by atoms with E-state index in [-0.39, 0.29) is 0 Å². The number of nitrogens with zero attached hydrogens (tertiary/aromatic N) is 4. The molecule has 0 saturated heterocycles. The van der Waals surface area contributed by atoms with Crippen molar-refractivity contribution in [2.75, 3.05) is 9.80 Å². The molecule has 0 spiro atoms. The molecule has 0 fully saturated rings. The Balaban J connectivity index is 1.03. The van der Waals surface area contributed by atoms with Crippen LogP contribution in [-0.2, 0) is 0 Å². The van der Waals surface area contributed by atoms with E-state index in [9.17, 15) is 0 Å². The first-order chi connectivity index (χ1) is 29.8. The molecule has 1 aliphatic rings. The van der Waals surface area contributed by atoms with Crippen LogP contribution in [0.5, 0.6) is 0 Å². The van der Waals surface area contributed by atoms with Crippen molar-refractivity contribution in [2.45, 2.75) is 0 Å². The fourth-order valence-corrected chi connectivity index (χ4v) is 7.80. The molecule has 0 N–H and O–H groups in total. The van der Waals surface area contributed by atoms with E-state index in [1.807, 2.05) is 36.4 Å². The maximum atomic E-state index is 5.42. The van der Waals surface area contributed by atoms with Crippen LogP contribution < -0.4 is 9.80 Å². The topological polar surface area (TPSA) is 32.3 Å². The first-order valence-corrected chi connectivity index (χ1v) is 20.1. The second-order valence-electron chi connectivity index (χ2n) is 14.5. The zero-order valence-corrected chi connectivity index (χ0v) is 32.7. The standard InChI is InChI=1S/C56H38N4/c1-6-17-41(18-7-1)42-29-31-43(32-30-42)52-27-16-28-53-56(52)58-55(44-19-8-2-9-20-44)54(57-53)45-33-35-49(36-34-45)60(48-25-14-5-15-26-48)51-39-37-50(38-40-51)59(46-21-10-3-11-22-46)47-23-12-4-13-24-47/h1-12,14-23,25-40H. The molecule has 60 heavy (non-hydrogen) atoms. The Morgan fingerprint density at radius 2 is 0.800 bits per heavy atom. The van der Waals surface area contributed by atoms with Crippen LogP contribution in [-0.4, -0.2) is 9.97 Å². The van der Waals surface area contributed by atoms with E-state index in [1.54, 1.807) is 0 Å². The lowest BCUT2D eigenvalue weighted by molar-refractivity contribution is 1.20. The third-order valence-corrected chi connectivity index (χ3v) is 10.7. The molecule has 0 aliphatic heterocycles. The number of fused-ring (bicyclic) bond motifs is 1. The molecule has 0 unspecified atom stereocenters. The lowest BCUT2D eigenvalue weighted by Crippen LogP contribution is -2.15. The van der Waals surface area contributed by atoms with Gasteiger partial charge in [-0.25, -0.2) is 9.97 Å². The van der Waals surface area contributed by atoms with Gasteiger partial charge < -0.3 is 9.80 Å². The molecular formula is C56H38N4. The highest BCUT2D eigenvalue weighted by atomic mass is 15.2. The molecule has 1 heterocycles. The highest BCUT2D eigenvalue weighted by molar-refractivity contribution is 5.96. The normalized spacial score (nSPS) is 11.7. The molecule has 0 saturated carbocycles. The lowest BCUT2D eigenvalue weighted by atomic mass is 9.98. The van der Waals surface area contributed by atoms with Crippen molar-refractivity contribution in [1.29, 1.82) is 0 Å². The molecule has 9 aromatic rings. The molecule has 0 bridgehead atoms. The first-order valence-electron chi connectivity index (χ1n) is 20.1. The van der Waals surface area contributed by atoms with Crippen LogP contribution in [0.15, 0.2) is 248 Å². The second-order valence-corrected chi connectivity index (χ2v) is 14.5. The SMILES string of the molecule is C1=C=C(N(c2ccccc2)c2ccc(N(c3ccccc3)c3ccc(-c4nc5cccc(-c6ccc(-c7ccccc7)cc6)c5nc4-c4ccccc4)cc3)cc2)C=CC=1. The zero-order valence-electron chi connectivity index (χ0n) is 32.7. The highest BCUT2D eigenvalue weighted by Gasteiger charge is 2.19. The van der Waals surface area contributed by atoms with E-state index >= 15 is 0 Å². The van der Waals surface area contributed by atoms with E-state index in [2.05, 4.69) is 215 Å². The fraction of sp³-hybridized carbons (Fsp3) is 0. The molecule has 282 valence electrons. The van der Waals surface area contributed by atoms with Crippen LogP contribution in [0.2, 0.25) is 0 Å². The van der Waals surface area contributed by atoms with E-state index in [0.29, 0.717) is 0 Å². The molecule has 1 aliphatic carbocycles. The summed E-state index contributed by atoms with van der Waals surface area (Å²) in [7, 11) is 0. The van der Waals surface area contributed by atoms with Gasteiger partial charge in [0, 0.05) is 45.1 Å². The second kappa shape index (κ2) is 16.3. The molecule has 10 rings (SSSR count). The molecule has 0 atom stereocenters. The van der Waals surface area contributed by atoms with Gasteiger partial charge in [-0.05, 0) is 101 Å². The van der Waals surface area contributed by atoms with Crippen molar-refractivity contribution in [3.63, 3.8) is 0 Å². The summed E-state index contributed by atoms with van der Waals surface area (Å²) in [6.45, 7) is 0. The van der Waals surface area contributed by atoms with Crippen molar-refractivity contribution < 1.29 is 0 Å². The minimum atomic E-state index is 0.836. The number of para-hydroxylation sites is 3. The largest absolute Gasteiger partial charge is 0.311 e. The van der Waals surface area contributed by atoms with Crippen LogP contribution in [0.25, 0.3) is 55.8 Å². The third kappa shape index (κ3) is 7.24. The van der Waals surface area contributed by atoms with E-state index in [1.165, 1.54) is 11.1 Å². The fourth-order valence-electron chi connectivity index (χ4n) is 7.80. The Kier molecular flexibility index (Phi) is 9.81. The number of hydrogen-bond acceptors (Lipinski definition) is 4. The number of hydrogen-bond donors (Lipinski definition) is 0. The van der Waals surface area contributed by atoms with Crippen molar-refractivity contribution in [3.8, 4) is 44.8 Å². The minimum absolute atomic E-state index is 0.836. The molecule has 0 amide bonds. The summed E-state index contributed by atoms with van der Waals surface area (Å²) in [5.41, 5.74) is 22.5. The van der Waals surface area contributed by atoms with Crippen molar-refractivity contribution >= 4 is 39.5 Å². The maximum absolute atomic E-state index is 5.42. The third-order valence-electron chi connectivity index (χ3n) is 10.7. The number of rotatable bonds is 10. The van der Waals surface area contributed by atoms with Crippen molar-refractivity contribution in [1.82, 2.24) is 9.97 Å². The van der Waals surface area contributed by atoms with E-state index in [4.69, 9.17) is 9.97 Å². The lowest BCUT2D eigenvalue weighted by Gasteiger charge is -2.28. The molecule has 0 radical (unpaired) electrons.